The molecule has 0 bridgehead atoms. The van der Waals surface area contributed by atoms with Crippen LogP contribution in [0.3, 0.4) is 0 Å². The summed E-state index contributed by atoms with van der Waals surface area (Å²) in [6.07, 6.45) is 4.75. The largest absolute Gasteiger partial charge is 0.497 e. The van der Waals surface area contributed by atoms with Gasteiger partial charge in [0.15, 0.2) is 11.0 Å². The third kappa shape index (κ3) is 3.87. The van der Waals surface area contributed by atoms with Gasteiger partial charge in [-0.25, -0.2) is 0 Å². The van der Waals surface area contributed by atoms with Gasteiger partial charge in [0.2, 0.25) is 5.91 Å². The summed E-state index contributed by atoms with van der Waals surface area (Å²) in [5.74, 6) is 1.85. The number of primary amides is 1. The zero-order valence-electron chi connectivity index (χ0n) is 15.5. The second kappa shape index (κ2) is 8.12. The molecule has 1 aliphatic carbocycles. The van der Waals surface area contributed by atoms with Gasteiger partial charge in [0, 0.05) is 11.6 Å². The predicted octanol–water partition coefficient (Wildman–Crippen LogP) is 3.67. The molecule has 0 spiro atoms. The van der Waals surface area contributed by atoms with Crippen LogP contribution in [0.1, 0.15) is 45.6 Å². The van der Waals surface area contributed by atoms with Crippen LogP contribution in [0.2, 0.25) is 0 Å². The van der Waals surface area contributed by atoms with Crippen molar-refractivity contribution >= 4 is 17.7 Å². The van der Waals surface area contributed by atoms with E-state index in [1.54, 1.807) is 7.11 Å². The first kappa shape index (κ1) is 18.8. The van der Waals surface area contributed by atoms with Gasteiger partial charge in [-0.3, -0.25) is 9.36 Å². The molecule has 0 aliphatic heterocycles. The lowest BCUT2D eigenvalue weighted by Gasteiger charge is -2.31. The Morgan fingerprint density at radius 2 is 1.96 bits per heavy atom. The van der Waals surface area contributed by atoms with E-state index in [0.717, 1.165) is 28.7 Å². The highest BCUT2D eigenvalue weighted by Crippen LogP contribution is 2.39. The predicted molar refractivity (Wildman–Crippen MR) is 103 cm³/mol. The van der Waals surface area contributed by atoms with Gasteiger partial charge in [-0.05, 0) is 49.9 Å². The molecule has 0 saturated heterocycles. The number of carbonyl (C=O) groups is 1. The molecule has 140 valence electrons. The van der Waals surface area contributed by atoms with E-state index in [0.29, 0.717) is 12.0 Å². The van der Waals surface area contributed by atoms with E-state index in [1.165, 1.54) is 31.0 Å². The molecule has 7 heteroatoms. The summed E-state index contributed by atoms with van der Waals surface area (Å²) in [7, 11) is 1.65. The van der Waals surface area contributed by atoms with Gasteiger partial charge in [-0.15, -0.1) is 10.2 Å². The van der Waals surface area contributed by atoms with Crippen LogP contribution in [0.25, 0.3) is 11.4 Å². The van der Waals surface area contributed by atoms with Crippen molar-refractivity contribution in [3.8, 4) is 17.1 Å². The fourth-order valence-electron chi connectivity index (χ4n) is 3.49. The molecule has 1 heterocycles. The monoisotopic (exact) mass is 374 g/mol. The first-order chi connectivity index (χ1) is 12.5. The summed E-state index contributed by atoms with van der Waals surface area (Å²) in [6.45, 7) is 4.09. The van der Waals surface area contributed by atoms with E-state index in [4.69, 9.17) is 10.5 Å². The number of carbonyl (C=O) groups excluding carboxylic acids is 1. The molecule has 1 aromatic carbocycles. The van der Waals surface area contributed by atoms with E-state index in [9.17, 15) is 4.79 Å². The number of methoxy groups -OCH3 is 1. The molecule has 1 aliphatic rings. The number of nitrogens with two attached hydrogens (primary N) is 1. The first-order valence-electron chi connectivity index (χ1n) is 9.06. The van der Waals surface area contributed by atoms with Gasteiger partial charge in [0.25, 0.3) is 0 Å². The fourth-order valence-corrected chi connectivity index (χ4v) is 4.35. The van der Waals surface area contributed by atoms with Gasteiger partial charge in [-0.1, -0.05) is 31.5 Å². The zero-order valence-corrected chi connectivity index (χ0v) is 16.3. The summed E-state index contributed by atoms with van der Waals surface area (Å²) < 4.78 is 7.47. The molecule has 2 N–H and O–H groups in total. The number of amides is 1. The van der Waals surface area contributed by atoms with Gasteiger partial charge in [-0.2, -0.15) is 0 Å². The number of thioether (sulfide) groups is 1. The summed E-state index contributed by atoms with van der Waals surface area (Å²) in [5, 5.41) is 9.29. The topological polar surface area (TPSA) is 83.0 Å². The van der Waals surface area contributed by atoms with E-state index in [2.05, 4.69) is 21.7 Å². The highest BCUT2D eigenvalue weighted by atomic mass is 32.2. The molecular formula is C19H26N4O2S. The number of ether oxygens (including phenoxy) is 1. The zero-order chi connectivity index (χ0) is 18.7. The van der Waals surface area contributed by atoms with Crippen molar-refractivity contribution in [2.75, 3.05) is 7.11 Å². The second-order valence-electron chi connectivity index (χ2n) is 6.90. The van der Waals surface area contributed by atoms with Crippen LogP contribution in [-0.4, -0.2) is 33.0 Å². The van der Waals surface area contributed by atoms with E-state index >= 15 is 0 Å². The molecule has 1 aromatic heterocycles. The summed E-state index contributed by atoms with van der Waals surface area (Å²) in [5.41, 5.74) is 6.45. The lowest BCUT2D eigenvalue weighted by Crippen LogP contribution is -2.25. The minimum atomic E-state index is -0.347. The molecule has 3 rings (SSSR count). The third-order valence-electron chi connectivity index (χ3n) is 5.09. The van der Waals surface area contributed by atoms with Crippen LogP contribution >= 0.6 is 11.8 Å². The maximum atomic E-state index is 11.5. The highest BCUT2D eigenvalue weighted by Gasteiger charge is 2.29. The Kier molecular flexibility index (Phi) is 5.86. The van der Waals surface area contributed by atoms with Gasteiger partial charge < -0.3 is 10.5 Å². The number of hydrogen-bond acceptors (Lipinski definition) is 5. The van der Waals surface area contributed by atoms with Crippen LogP contribution in [0, 0.1) is 5.92 Å². The van der Waals surface area contributed by atoms with Crippen molar-refractivity contribution in [3.63, 3.8) is 0 Å². The van der Waals surface area contributed by atoms with Crippen LogP contribution in [0.5, 0.6) is 5.75 Å². The number of nitrogens with zero attached hydrogens (tertiary/aromatic N) is 3. The lowest BCUT2D eigenvalue weighted by atomic mass is 9.85. The number of aromatic nitrogens is 3. The maximum absolute atomic E-state index is 11.5. The normalized spacial score (nSPS) is 21.3. The Morgan fingerprint density at radius 3 is 2.58 bits per heavy atom. The van der Waals surface area contributed by atoms with Crippen LogP contribution in [-0.2, 0) is 4.79 Å². The standard InChI is InChI=1S/C19H26N4O2S/c1-12-6-4-5-7-16(12)23-18(14-8-10-15(25-3)11-9-14)21-22-19(23)26-13(2)17(20)24/h8-13,16H,4-7H2,1-3H3,(H2,20,24)/t12-,13+,16+/m0/s1. The van der Waals surface area contributed by atoms with Crippen molar-refractivity contribution in [2.45, 2.75) is 56.0 Å². The number of benzene rings is 1. The average molecular weight is 375 g/mol. The van der Waals surface area contributed by atoms with E-state index in [-0.39, 0.29) is 11.2 Å². The molecule has 1 saturated carbocycles. The highest BCUT2D eigenvalue weighted by molar-refractivity contribution is 8.00. The van der Waals surface area contributed by atoms with E-state index < -0.39 is 0 Å². The minimum absolute atomic E-state index is 0.332. The lowest BCUT2D eigenvalue weighted by molar-refractivity contribution is -0.117. The minimum Gasteiger partial charge on any atom is -0.497 e. The van der Waals surface area contributed by atoms with Gasteiger partial charge in [0.05, 0.1) is 12.4 Å². The van der Waals surface area contributed by atoms with Crippen molar-refractivity contribution in [1.82, 2.24) is 14.8 Å². The van der Waals surface area contributed by atoms with Crippen LogP contribution in [0.4, 0.5) is 0 Å². The maximum Gasteiger partial charge on any atom is 0.230 e. The third-order valence-corrected chi connectivity index (χ3v) is 6.17. The second-order valence-corrected chi connectivity index (χ2v) is 8.20. The Morgan fingerprint density at radius 1 is 1.27 bits per heavy atom. The Labute approximate surface area is 158 Å². The van der Waals surface area contributed by atoms with Gasteiger partial charge >= 0.3 is 0 Å². The van der Waals surface area contributed by atoms with Crippen molar-refractivity contribution in [2.24, 2.45) is 11.7 Å². The molecule has 26 heavy (non-hydrogen) atoms. The molecule has 2 aromatic rings. The number of rotatable bonds is 6. The van der Waals surface area contributed by atoms with Crippen LogP contribution in [0.15, 0.2) is 29.4 Å². The van der Waals surface area contributed by atoms with E-state index in [1.807, 2.05) is 31.2 Å². The molecule has 1 amide bonds. The Balaban J connectivity index is 2.02. The summed E-state index contributed by atoms with van der Waals surface area (Å²) in [6, 6.07) is 8.19. The average Bonchev–Trinajstić information content (AvgIpc) is 3.05. The Bertz CT molecular complexity index is 759. The smallest absolute Gasteiger partial charge is 0.230 e. The SMILES string of the molecule is COc1ccc(-c2nnc(S[C@H](C)C(N)=O)n2[C@@H]2CCCC[C@@H]2C)cc1. The molecular weight excluding hydrogens is 348 g/mol. The molecule has 1 fully saturated rings. The summed E-state index contributed by atoms with van der Waals surface area (Å²) in [4.78, 5) is 11.5. The fraction of sp³-hybridized carbons (Fsp3) is 0.526. The first-order valence-corrected chi connectivity index (χ1v) is 9.94. The van der Waals surface area contributed by atoms with Gasteiger partial charge in [0.1, 0.15) is 5.75 Å². The van der Waals surface area contributed by atoms with Crippen LogP contribution < -0.4 is 10.5 Å². The molecule has 0 radical (unpaired) electrons. The quantitative estimate of drug-likeness (QED) is 0.780. The molecule has 0 unspecified atom stereocenters. The van der Waals surface area contributed by atoms with Crippen molar-refractivity contribution in [1.29, 1.82) is 0 Å². The number of hydrogen-bond donors (Lipinski definition) is 1. The Hall–Kier alpha value is -2.02. The molecule has 6 nitrogen and oxygen atoms in total. The molecule has 3 atom stereocenters. The van der Waals surface area contributed by atoms with Crippen molar-refractivity contribution in [3.05, 3.63) is 24.3 Å². The summed E-state index contributed by atoms with van der Waals surface area (Å²) >= 11 is 1.39. The van der Waals surface area contributed by atoms with Crippen molar-refractivity contribution < 1.29 is 9.53 Å².